The van der Waals surface area contributed by atoms with E-state index in [0.29, 0.717) is 17.3 Å². The summed E-state index contributed by atoms with van der Waals surface area (Å²) in [5.41, 5.74) is 0. The molecule has 0 aromatic carbocycles. The molecule has 2 aromatic rings. The fourth-order valence-electron chi connectivity index (χ4n) is 2.63. The predicted molar refractivity (Wildman–Crippen MR) is 96.8 cm³/mol. The van der Waals surface area contributed by atoms with Gasteiger partial charge in [0.15, 0.2) is 6.67 Å². The molecule has 1 unspecified atom stereocenters. The van der Waals surface area contributed by atoms with Crippen molar-refractivity contribution in [2.45, 2.75) is 13.0 Å². The topological polar surface area (TPSA) is 62.1 Å². The molecule has 0 aliphatic carbocycles. The zero-order valence-corrected chi connectivity index (χ0v) is 15.9. The van der Waals surface area contributed by atoms with Crippen LogP contribution < -0.4 is 4.90 Å². The third-order valence-electron chi connectivity index (χ3n) is 3.83. The third kappa shape index (κ3) is 4.09. The first-order valence-corrected chi connectivity index (χ1v) is 9.78. The van der Waals surface area contributed by atoms with E-state index >= 15 is 0 Å². The summed E-state index contributed by atoms with van der Waals surface area (Å²) in [6.07, 6.45) is 0.562. The highest BCUT2D eigenvalue weighted by atomic mass is 35.5. The van der Waals surface area contributed by atoms with Crippen molar-refractivity contribution in [2.24, 2.45) is 0 Å². The summed E-state index contributed by atoms with van der Waals surface area (Å²) in [7, 11) is 1.87. The van der Waals surface area contributed by atoms with E-state index in [1.807, 2.05) is 36.7 Å². The van der Waals surface area contributed by atoms with Crippen LogP contribution in [-0.4, -0.2) is 47.9 Å². The summed E-state index contributed by atoms with van der Waals surface area (Å²) in [6.45, 7) is 0.992. The van der Waals surface area contributed by atoms with Gasteiger partial charge < -0.3 is 4.90 Å². The van der Waals surface area contributed by atoms with Gasteiger partial charge in [-0.1, -0.05) is 17.7 Å². The Morgan fingerprint density at radius 1 is 1.08 bits per heavy atom. The van der Waals surface area contributed by atoms with Crippen LogP contribution in [0.15, 0.2) is 29.6 Å². The van der Waals surface area contributed by atoms with Gasteiger partial charge in [0.2, 0.25) is 0 Å². The zero-order valence-electron chi connectivity index (χ0n) is 13.5. The maximum atomic E-state index is 12.5. The Kier molecular flexibility index (Phi) is 5.53. The van der Waals surface area contributed by atoms with E-state index in [2.05, 4.69) is 0 Å². The van der Waals surface area contributed by atoms with E-state index in [1.54, 1.807) is 11.3 Å². The van der Waals surface area contributed by atoms with Gasteiger partial charge in [0.1, 0.15) is 6.54 Å². The van der Waals surface area contributed by atoms with E-state index in [9.17, 15) is 14.4 Å². The lowest BCUT2D eigenvalue weighted by Gasteiger charge is -2.19. The molecule has 6 nitrogen and oxygen atoms in total. The van der Waals surface area contributed by atoms with Gasteiger partial charge >= 0.3 is 17.8 Å². The number of halogens is 1. The summed E-state index contributed by atoms with van der Waals surface area (Å²) in [5, 5.41) is 1.94. The van der Waals surface area contributed by atoms with Crippen LogP contribution in [0.4, 0.5) is 4.79 Å². The highest BCUT2D eigenvalue weighted by Gasteiger charge is 2.45. The molecule has 1 atom stereocenters. The highest BCUT2D eigenvalue weighted by Crippen LogP contribution is 2.20. The maximum absolute atomic E-state index is 12.5. The van der Waals surface area contributed by atoms with Gasteiger partial charge in [-0.05, 0) is 23.6 Å². The molecule has 1 saturated heterocycles. The zero-order chi connectivity index (χ0) is 18.0. The van der Waals surface area contributed by atoms with Crippen LogP contribution in [0.25, 0.3) is 0 Å². The summed E-state index contributed by atoms with van der Waals surface area (Å²) >= 11 is 8.94. The van der Waals surface area contributed by atoms with Crippen molar-refractivity contribution in [3.8, 4) is 0 Å². The van der Waals surface area contributed by atoms with Crippen molar-refractivity contribution in [1.29, 1.82) is 0 Å². The van der Waals surface area contributed by atoms with Gasteiger partial charge in [-0.2, -0.15) is 0 Å². The first kappa shape index (κ1) is 18.1. The summed E-state index contributed by atoms with van der Waals surface area (Å²) in [5.74, 6) is -1.49. The molecule has 3 heterocycles. The summed E-state index contributed by atoms with van der Waals surface area (Å²) in [4.78, 5) is 41.9. The molecule has 1 aliphatic heterocycles. The van der Waals surface area contributed by atoms with E-state index < -0.39 is 17.8 Å². The molecular weight excluding hydrogens is 382 g/mol. The number of nitrogens with one attached hydrogen (secondary N) is 1. The quantitative estimate of drug-likeness (QED) is 0.567. The first-order valence-electron chi connectivity index (χ1n) is 7.71. The fraction of sp³-hybridized carbons (Fsp3) is 0.312. The number of urea groups is 1. The Bertz CT molecular complexity index is 790. The molecule has 0 spiro atoms. The Morgan fingerprint density at radius 2 is 1.84 bits per heavy atom. The molecule has 132 valence electrons. The number of thiophene rings is 2. The van der Waals surface area contributed by atoms with Gasteiger partial charge in [0, 0.05) is 17.8 Å². The van der Waals surface area contributed by atoms with Crippen molar-refractivity contribution in [3.05, 3.63) is 43.7 Å². The van der Waals surface area contributed by atoms with E-state index in [0.717, 1.165) is 24.5 Å². The molecule has 0 saturated carbocycles. The van der Waals surface area contributed by atoms with Crippen molar-refractivity contribution in [3.63, 3.8) is 0 Å². The average Bonchev–Trinajstić information content (AvgIpc) is 3.26. The number of carbonyl (C=O) groups excluding carboxylic acids is 3. The second-order valence-electron chi connectivity index (χ2n) is 5.80. The van der Waals surface area contributed by atoms with Crippen LogP contribution in [-0.2, 0) is 22.6 Å². The van der Waals surface area contributed by atoms with Crippen LogP contribution in [0, 0.1) is 0 Å². The molecular formula is C16H17ClN3O3S2+. The van der Waals surface area contributed by atoms with Gasteiger partial charge in [0.25, 0.3) is 0 Å². The maximum Gasteiger partial charge on any atom is 0.338 e. The monoisotopic (exact) mass is 398 g/mol. The first-order chi connectivity index (χ1) is 12.0. The molecule has 1 aliphatic rings. The second kappa shape index (κ2) is 7.65. The normalized spacial score (nSPS) is 16.2. The van der Waals surface area contributed by atoms with Crippen molar-refractivity contribution in [1.82, 2.24) is 9.80 Å². The van der Waals surface area contributed by atoms with E-state index in [1.165, 1.54) is 11.3 Å². The largest absolute Gasteiger partial charge is 0.338 e. The van der Waals surface area contributed by atoms with Crippen LogP contribution in [0.2, 0.25) is 4.34 Å². The fourth-order valence-corrected chi connectivity index (χ4v) is 4.53. The van der Waals surface area contributed by atoms with E-state index in [-0.39, 0.29) is 13.2 Å². The molecule has 4 amide bonds. The lowest BCUT2D eigenvalue weighted by atomic mass is 10.3. The van der Waals surface area contributed by atoms with Crippen molar-refractivity contribution in [2.75, 3.05) is 20.3 Å². The molecule has 9 heteroatoms. The minimum atomic E-state index is -0.750. The Hall–Kier alpha value is -1.74. The Labute approximate surface area is 158 Å². The van der Waals surface area contributed by atoms with Gasteiger partial charge in [-0.3, -0.25) is 14.5 Å². The molecule has 25 heavy (non-hydrogen) atoms. The number of nitrogens with zero attached hydrogens (tertiary/aromatic N) is 2. The van der Waals surface area contributed by atoms with Crippen LogP contribution >= 0.6 is 34.3 Å². The van der Waals surface area contributed by atoms with Crippen LogP contribution in [0.5, 0.6) is 0 Å². The molecule has 2 aromatic heterocycles. The molecule has 3 rings (SSSR count). The molecule has 1 fully saturated rings. The van der Waals surface area contributed by atoms with Crippen LogP contribution in [0.1, 0.15) is 9.75 Å². The number of carbonyl (C=O) groups is 3. The Morgan fingerprint density at radius 3 is 2.48 bits per heavy atom. The van der Waals surface area contributed by atoms with Crippen molar-refractivity contribution < 1.29 is 19.3 Å². The number of hydrogen-bond acceptors (Lipinski definition) is 5. The number of imide groups is 2. The molecule has 0 radical (unpaired) electrons. The Balaban J connectivity index is 1.60. The SMILES string of the molecule is C[NH+](Cc1ccc(Cl)s1)CN1C(=O)C(=O)N(CCc2cccs2)C1=O. The standard InChI is InChI=1S/C16H16ClN3O3S2/c1-18(9-12-4-5-13(17)25-12)10-20-15(22)14(21)19(16(20)23)7-6-11-3-2-8-24-11/h2-5,8H,6-7,9-10H2,1H3/p+1. The highest BCUT2D eigenvalue weighted by molar-refractivity contribution is 7.16. The smallest absolute Gasteiger partial charge is 0.315 e. The molecule has 0 bridgehead atoms. The lowest BCUT2D eigenvalue weighted by Crippen LogP contribution is -3.09. The average molecular weight is 399 g/mol. The summed E-state index contributed by atoms with van der Waals surface area (Å²) in [6, 6.07) is 7.06. The van der Waals surface area contributed by atoms with Crippen molar-refractivity contribution >= 4 is 52.1 Å². The van der Waals surface area contributed by atoms with Gasteiger partial charge in [-0.15, -0.1) is 22.7 Å². The lowest BCUT2D eigenvalue weighted by molar-refractivity contribution is -0.900. The van der Waals surface area contributed by atoms with E-state index in [4.69, 9.17) is 11.6 Å². The third-order valence-corrected chi connectivity index (χ3v) is 6.00. The minimum absolute atomic E-state index is 0.147. The minimum Gasteiger partial charge on any atom is -0.315 e. The number of hydrogen-bond donors (Lipinski definition) is 1. The molecule has 1 N–H and O–H groups in total. The van der Waals surface area contributed by atoms with Crippen LogP contribution in [0.3, 0.4) is 0 Å². The number of amides is 4. The predicted octanol–water partition coefficient (Wildman–Crippen LogP) is 1.47. The number of rotatable bonds is 7. The summed E-state index contributed by atoms with van der Waals surface area (Å²) < 4.78 is 0.700. The number of quaternary nitrogens is 1. The second-order valence-corrected chi connectivity index (χ2v) is 8.63. The van der Waals surface area contributed by atoms with Gasteiger partial charge in [-0.25, -0.2) is 9.69 Å². The van der Waals surface area contributed by atoms with Gasteiger partial charge in [0.05, 0.1) is 16.3 Å².